The molecule has 1 atom stereocenters. The van der Waals surface area contributed by atoms with Gasteiger partial charge < -0.3 is 10.1 Å². The highest BCUT2D eigenvalue weighted by molar-refractivity contribution is 5.95. The van der Waals surface area contributed by atoms with Crippen molar-refractivity contribution in [3.05, 3.63) is 58.7 Å². The van der Waals surface area contributed by atoms with Crippen molar-refractivity contribution in [3.8, 4) is 5.75 Å². The van der Waals surface area contributed by atoms with Crippen LogP contribution in [0.25, 0.3) is 0 Å². The molecule has 2 aromatic carbocycles. The number of carbonyl (C=O) groups is 1. The second kappa shape index (κ2) is 7.08. The van der Waals surface area contributed by atoms with Gasteiger partial charge in [0.25, 0.3) is 5.91 Å². The van der Waals surface area contributed by atoms with Crippen molar-refractivity contribution in [2.24, 2.45) is 0 Å². The Kier molecular flexibility index (Phi) is 4.89. The van der Waals surface area contributed by atoms with Gasteiger partial charge in [0.1, 0.15) is 5.75 Å². The Labute approximate surface area is 144 Å². The summed E-state index contributed by atoms with van der Waals surface area (Å²) in [6, 6.07) is 12.2. The Morgan fingerprint density at radius 3 is 2.46 bits per heavy atom. The van der Waals surface area contributed by atoms with E-state index in [9.17, 15) is 4.79 Å². The van der Waals surface area contributed by atoms with E-state index in [1.165, 1.54) is 24.0 Å². The van der Waals surface area contributed by atoms with Gasteiger partial charge in [0.15, 0.2) is 6.10 Å². The highest BCUT2D eigenvalue weighted by Crippen LogP contribution is 2.30. The van der Waals surface area contributed by atoms with Crippen LogP contribution < -0.4 is 10.1 Å². The van der Waals surface area contributed by atoms with Crippen molar-refractivity contribution < 1.29 is 9.53 Å². The molecule has 1 aliphatic rings. The first-order valence-corrected chi connectivity index (χ1v) is 8.71. The lowest BCUT2D eigenvalue weighted by Crippen LogP contribution is -2.31. The van der Waals surface area contributed by atoms with Crippen molar-refractivity contribution in [1.82, 2.24) is 0 Å². The van der Waals surface area contributed by atoms with E-state index in [2.05, 4.69) is 11.4 Å². The molecule has 0 bridgehead atoms. The Hall–Kier alpha value is -2.29. The number of amides is 1. The van der Waals surface area contributed by atoms with Gasteiger partial charge in [-0.3, -0.25) is 4.79 Å². The van der Waals surface area contributed by atoms with Gasteiger partial charge in [0.2, 0.25) is 0 Å². The number of fused-ring (bicyclic) bond motifs is 1. The highest BCUT2D eigenvalue weighted by atomic mass is 16.5. The third kappa shape index (κ3) is 3.45. The van der Waals surface area contributed by atoms with E-state index in [4.69, 9.17) is 4.74 Å². The molecule has 1 aliphatic carbocycles. The van der Waals surface area contributed by atoms with Crippen LogP contribution in [0.15, 0.2) is 36.4 Å². The number of aryl methyl sites for hydroxylation is 3. The van der Waals surface area contributed by atoms with E-state index in [1.807, 2.05) is 51.1 Å². The minimum absolute atomic E-state index is 0.110. The second-order valence-corrected chi connectivity index (χ2v) is 6.62. The van der Waals surface area contributed by atoms with E-state index in [0.717, 1.165) is 35.4 Å². The van der Waals surface area contributed by atoms with E-state index in [1.54, 1.807) is 0 Å². The number of para-hydroxylation sites is 1. The molecule has 3 heteroatoms. The summed E-state index contributed by atoms with van der Waals surface area (Å²) < 4.78 is 6.01. The summed E-state index contributed by atoms with van der Waals surface area (Å²) in [5.41, 5.74) is 5.64. The van der Waals surface area contributed by atoms with Crippen LogP contribution in [0, 0.1) is 13.8 Å². The molecule has 3 nitrogen and oxygen atoms in total. The monoisotopic (exact) mass is 323 g/mol. The summed E-state index contributed by atoms with van der Waals surface area (Å²) in [5.74, 6) is 0.747. The molecule has 0 aromatic heterocycles. The number of nitrogens with one attached hydrogen (secondary N) is 1. The Morgan fingerprint density at radius 2 is 1.71 bits per heavy atom. The zero-order valence-electron chi connectivity index (χ0n) is 14.7. The first-order valence-electron chi connectivity index (χ1n) is 8.71. The van der Waals surface area contributed by atoms with Crippen LogP contribution in [-0.2, 0) is 17.6 Å². The zero-order valence-corrected chi connectivity index (χ0v) is 14.7. The molecular weight excluding hydrogens is 298 g/mol. The van der Waals surface area contributed by atoms with Crippen molar-refractivity contribution in [3.63, 3.8) is 0 Å². The Bertz CT molecular complexity index is 731. The molecule has 1 N–H and O–H groups in total. The number of hydrogen-bond donors (Lipinski definition) is 1. The number of ether oxygens (including phenoxy) is 1. The number of anilines is 1. The normalized spacial score (nSPS) is 14.6. The van der Waals surface area contributed by atoms with Gasteiger partial charge in [-0.1, -0.05) is 30.3 Å². The van der Waals surface area contributed by atoms with Crippen molar-refractivity contribution in [1.29, 1.82) is 0 Å². The molecule has 3 rings (SSSR count). The third-order valence-corrected chi connectivity index (χ3v) is 4.76. The largest absolute Gasteiger partial charge is 0.481 e. The molecule has 2 aromatic rings. The average Bonchev–Trinajstić information content (AvgIpc) is 2.58. The Morgan fingerprint density at radius 1 is 1.04 bits per heavy atom. The fourth-order valence-electron chi connectivity index (χ4n) is 3.34. The van der Waals surface area contributed by atoms with Crippen LogP contribution in [0.5, 0.6) is 5.75 Å². The molecule has 0 aliphatic heterocycles. The van der Waals surface area contributed by atoms with E-state index < -0.39 is 6.10 Å². The fraction of sp³-hybridized carbons (Fsp3) is 0.381. The zero-order chi connectivity index (χ0) is 17.1. The fourth-order valence-corrected chi connectivity index (χ4v) is 3.34. The summed E-state index contributed by atoms with van der Waals surface area (Å²) in [4.78, 5) is 12.6. The van der Waals surface area contributed by atoms with Crippen LogP contribution in [0.2, 0.25) is 0 Å². The first-order chi connectivity index (χ1) is 11.6. The van der Waals surface area contributed by atoms with Crippen LogP contribution in [-0.4, -0.2) is 12.0 Å². The lowest BCUT2D eigenvalue weighted by atomic mass is 9.91. The quantitative estimate of drug-likeness (QED) is 0.894. The molecule has 0 spiro atoms. The summed E-state index contributed by atoms with van der Waals surface area (Å²) >= 11 is 0. The molecule has 24 heavy (non-hydrogen) atoms. The maximum Gasteiger partial charge on any atom is 0.265 e. The minimum Gasteiger partial charge on any atom is -0.481 e. The van der Waals surface area contributed by atoms with Crippen LogP contribution >= 0.6 is 0 Å². The minimum atomic E-state index is -0.530. The van der Waals surface area contributed by atoms with Crippen LogP contribution in [0.1, 0.15) is 42.0 Å². The van der Waals surface area contributed by atoms with Gasteiger partial charge in [-0.15, -0.1) is 0 Å². The van der Waals surface area contributed by atoms with Gasteiger partial charge in [-0.25, -0.2) is 0 Å². The van der Waals surface area contributed by atoms with E-state index in [0.29, 0.717) is 0 Å². The molecule has 0 unspecified atom stereocenters. The summed E-state index contributed by atoms with van der Waals surface area (Å²) in [6.45, 7) is 5.81. The molecule has 0 fully saturated rings. The predicted molar refractivity (Wildman–Crippen MR) is 97.7 cm³/mol. The van der Waals surface area contributed by atoms with Crippen molar-refractivity contribution in [2.45, 2.75) is 52.6 Å². The molecule has 0 radical (unpaired) electrons. The van der Waals surface area contributed by atoms with Gasteiger partial charge in [0, 0.05) is 5.69 Å². The van der Waals surface area contributed by atoms with Gasteiger partial charge in [0.05, 0.1) is 0 Å². The van der Waals surface area contributed by atoms with E-state index in [-0.39, 0.29) is 5.91 Å². The summed E-state index contributed by atoms with van der Waals surface area (Å²) in [7, 11) is 0. The average molecular weight is 323 g/mol. The van der Waals surface area contributed by atoms with Crippen LogP contribution in [0.4, 0.5) is 5.69 Å². The number of hydrogen-bond acceptors (Lipinski definition) is 2. The predicted octanol–water partition coefficient (Wildman–Crippen LogP) is 4.59. The molecule has 0 heterocycles. The molecule has 126 valence electrons. The van der Waals surface area contributed by atoms with Crippen LogP contribution in [0.3, 0.4) is 0 Å². The standard InChI is InChI=1S/C21H25NO2/c1-14-8-6-9-15(2)20(14)22-21(23)16(3)24-19-13-7-11-17-10-4-5-12-18(17)19/h6-9,11,13,16H,4-5,10,12H2,1-3H3,(H,22,23)/t16-/m0/s1. The molecular formula is C21H25NO2. The van der Waals surface area contributed by atoms with Gasteiger partial charge in [-0.05, 0) is 74.8 Å². The summed E-state index contributed by atoms with van der Waals surface area (Å²) in [6.07, 6.45) is 4.04. The maximum atomic E-state index is 12.6. The highest BCUT2D eigenvalue weighted by Gasteiger charge is 2.20. The number of carbonyl (C=O) groups excluding carboxylic acids is 1. The van der Waals surface area contributed by atoms with Gasteiger partial charge >= 0.3 is 0 Å². The van der Waals surface area contributed by atoms with Crippen molar-refractivity contribution >= 4 is 11.6 Å². The Balaban J connectivity index is 1.73. The third-order valence-electron chi connectivity index (χ3n) is 4.76. The topological polar surface area (TPSA) is 38.3 Å². The smallest absolute Gasteiger partial charge is 0.265 e. The summed E-state index contributed by atoms with van der Waals surface area (Å²) in [5, 5.41) is 3.01. The maximum absolute atomic E-state index is 12.6. The molecule has 0 saturated heterocycles. The van der Waals surface area contributed by atoms with Gasteiger partial charge in [-0.2, -0.15) is 0 Å². The second-order valence-electron chi connectivity index (χ2n) is 6.62. The van der Waals surface area contributed by atoms with E-state index >= 15 is 0 Å². The lowest BCUT2D eigenvalue weighted by Gasteiger charge is -2.22. The SMILES string of the molecule is Cc1cccc(C)c1NC(=O)[C@H](C)Oc1cccc2c1CCCC2. The molecule has 0 saturated carbocycles. The number of rotatable bonds is 4. The lowest BCUT2D eigenvalue weighted by molar-refractivity contribution is -0.122. The number of benzene rings is 2. The first kappa shape index (κ1) is 16.6. The molecule has 1 amide bonds. The van der Waals surface area contributed by atoms with Crippen molar-refractivity contribution in [2.75, 3.05) is 5.32 Å².